The molecule has 0 aromatic heterocycles. The summed E-state index contributed by atoms with van der Waals surface area (Å²) in [4.78, 5) is 16.4. The summed E-state index contributed by atoms with van der Waals surface area (Å²) in [6.45, 7) is 5.48. The second-order valence-electron chi connectivity index (χ2n) is 5.99. The minimum atomic E-state index is 0.0364. The summed E-state index contributed by atoms with van der Waals surface area (Å²) in [5.74, 6) is 1.56. The lowest BCUT2D eigenvalue weighted by Gasteiger charge is -2.24. The smallest absolute Gasteiger partial charge is 0.241 e. The SMILES string of the molecule is C=CCN(C(=O)CN(C)Cc1ccc2c(c1)OCO2)c1ccccc1. The first-order valence-corrected chi connectivity index (χ1v) is 8.21. The third-order valence-electron chi connectivity index (χ3n) is 3.98. The van der Waals surface area contributed by atoms with Crippen molar-refractivity contribution in [2.75, 3.05) is 31.8 Å². The molecular formula is C20H22N2O3. The van der Waals surface area contributed by atoms with Crippen LogP contribution in [0.1, 0.15) is 5.56 Å². The molecule has 0 saturated carbocycles. The third kappa shape index (κ3) is 4.19. The number of hydrogen-bond donors (Lipinski definition) is 0. The van der Waals surface area contributed by atoms with Crippen LogP contribution in [0.3, 0.4) is 0 Å². The summed E-state index contributed by atoms with van der Waals surface area (Å²) in [5.41, 5.74) is 1.96. The molecule has 0 N–H and O–H groups in total. The van der Waals surface area contributed by atoms with Crippen LogP contribution < -0.4 is 14.4 Å². The summed E-state index contributed by atoms with van der Waals surface area (Å²) in [7, 11) is 1.93. The van der Waals surface area contributed by atoms with E-state index >= 15 is 0 Å². The highest BCUT2D eigenvalue weighted by atomic mass is 16.7. The molecule has 0 atom stereocenters. The van der Waals surface area contributed by atoms with Crippen LogP contribution in [0.2, 0.25) is 0 Å². The van der Waals surface area contributed by atoms with E-state index in [-0.39, 0.29) is 12.7 Å². The summed E-state index contributed by atoms with van der Waals surface area (Å²) >= 11 is 0. The Kier molecular flexibility index (Phi) is 5.36. The van der Waals surface area contributed by atoms with Gasteiger partial charge in [0.05, 0.1) is 6.54 Å². The zero-order chi connectivity index (χ0) is 17.6. The number of amides is 1. The van der Waals surface area contributed by atoms with Crippen molar-refractivity contribution in [3.63, 3.8) is 0 Å². The van der Waals surface area contributed by atoms with E-state index in [9.17, 15) is 4.79 Å². The van der Waals surface area contributed by atoms with Gasteiger partial charge in [-0.25, -0.2) is 0 Å². The third-order valence-corrected chi connectivity index (χ3v) is 3.98. The topological polar surface area (TPSA) is 42.0 Å². The number of anilines is 1. The molecule has 0 aliphatic carbocycles. The fraction of sp³-hybridized carbons (Fsp3) is 0.250. The van der Waals surface area contributed by atoms with Gasteiger partial charge < -0.3 is 14.4 Å². The molecule has 1 heterocycles. The van der Waals surface area contributed by atoms with E-state index in [0.717, 1.165) is 22.7 Å². The molecule has 0 saturated heterocycles. The van der Waals surface area contributed by atoms with Gasteiger partial charge in [0.25, 0.3) is 0 Å². The van der Waals surface area contributed by atoms with E-state index in [1.54, 1.807) is 11.0 Å². The number of carbonyl (C=O) groups excluding carboxylic acids is 1. The maximum atomic E-state index is 12.7. The van der Waals surface area contributed by atoms with Crippen molar-refractivity contribution in [1.29, 1.82) is 0 Å². The molecular weight excluding hydrogens is 316 g/mol. The van der Waals surface area contributed by atoms with Crippen molar-refractivity contribution in [2.24, 2.45) is 0 Å². The fourth-order valence-electron chi connectivity index (χ4n) is 2.81. The lowest BCUT2D eigenvalue weighted by atomic mass is 10.2. The largest absolute Gasteiger partial charge is 0.454 e. The molecule has 0 radical (unpaired) electrons. The highest BCUT2D eigenvalue weighted by molar-refractivity contribution is 5.95. The molecule has 1 aliphatic heterocycles. The Labute approximate surface area is 148 Å². The van der Waals surface area contributed by atoms with Crippen LogP contribution in [0.5, 0.6) is 11.5 Å². The average Bonchev–Trinajstić information content (AvgIpc) is 3.08. The molecule has 0 bridgehead atoms. The minimum Gasteiger partial charge on any atom is -0.454 e. The van der Waals surface area contributed by atoms with Crippen molar-refractivity contribution >= 4 is 11.6 Å². The number of rotatable bonds is 7. The molecule has 25 heavy (non-hydrogen) atoms. The first kappa shape index (κ1) is 17.0. The summed E-state index contributed by atoms with van der Waals surface area (Å²) in [6, 6.07) is 15.5. The Balaban J connectivity index is 1.63. The van der Waals surface area contributed by atoms with Gasteiger partial charge in [0.15, 0.2) is 11.5 Å². The van der Waals surface area contributed by atoms with Crippen molar-refractivity contribution in [1.82, 2.24) is 4.90 Å². The van der Waals surface area contributed by atoms with Crippen molar-refractivity contribution in [2.45, 2.75) is 6.54 Å². The molecule has 5 heteroatoms. The Morgan fingerprint density at radius 3 is 2.68 bits per heavy atom. The van der Waals surface area contributed by atoms with E-state index in [4.69, 9.17) is 9.47 Å². The number of benzene rings is 2. The number of likely N-dealkylation sites (N-methyl/N-ethyl adjacent to an activating group) is 1. The van der Waals surface area contributed by atoms with E-state index in [1.807, 2.05) is 60.5 Å². The summed E-state index contributed by atoms with van der Waals surface area (Å²) in [5, 5.41) is 0. The Bertz CT molecular complexity index is 746. The number of hydrogen-bond acceptors (Lipinski definition) is 4. The van der Waals surface area contributed by atoms with E-state index < -0.39 is 0 Å². The molecule has 0 unspecified atom stereocenters. The maximum absolute atomic E-state index is 12.7. The lowest BCUT2D eigenvalue weighted by molar-refractivity contribution is -0.119. The van der Waals surface area contributed by atoms with Gasteiger partial charge in [0, 0.05) is 18.8 Å². The normalized spacial score (nSPS) is 12.2. The second kappa shape index (κ2) is 7.85. The lowest BCUT2D eigenvalue weighted by Crippen LogP contribution is -2.39. The highest BCUT2D eigenvalue weighted by Crippen LogP contribution is 2.32. The number of fused-ring (bicyclic) bond motifs is 1. The standard InChI is InChI=1S/C20H22N2O3/c1-3-11-22(17-7-5-4-6-8-17)20(23)14-21(2)13-16-9-10-18-19(12-16)25-15-24-18/h3-10,12H,1,11,13-15H2,2H3. The molecule has 2 aromatic carbocycles. The van der Waals surface area contributed by atoms with Crippen molar-refractivity contribution in [3.8, 4) is 11.5 Å². The van der Waals surface area contributed by atoms with Gasteiger partial charge in [-0.1, -0.05) is 30.3 Å². The van der Waals surface area contributed by atoms with Gasteiger partial charge in [-0.05, 0) is 36.9 Å². The van der Waals surface area contributed by atoms with Gasteiger partial charge in [0.2, 0.25) is 12.7 Å². The zero-order valence-electron chi connectivity index (χ0n) is 14.4. The van der Waals surface area contributed by atoms with Crippen LogP contribution in [0, 0.1) is 0 Å². The molecule has 1 aliphatic rings. The highest BCUT2D eigenvalue weighted by Gasteiger charge is 2.18. The van der Waals surface area contributed by atoms with Gasteiger partial charge in [-0.15, -0.1) is 6.58 Å². The molecule has 3 rings (SSSR count). The van der Waals surface area contributed by atoms with Gasteiger partial charge in [0.1, 0.15) is 0 Å². The molecule has 5 nitrogen and oxygen atoms in total. The number of ether oxygens (including phenoxy) is 2. The quantitative estimate of drug-likeness (QED) is 0.728. The van der Waals surface area contributed by atoms with Gasteiger partial charge >= 0.3 is 0 Å². The van der Waals surface area contributed by atoms with E-state index in [2.05, 4.69) is 6.58 Å². The molecule has 1 amide bonds. The van der Waals surface area contributed by atoms with Crippen molar-refractivity contribution < 1.29 is 14.3 Å². The second-order valence-corrected chi connectivity index (χ2v) is 5.99. The maximum Gasteiger partial charge on any atom is 0.241 e. The molecule has 0 fully saturated rings. The predicted octanol–water partition coefficient (Wildman–Crippen LogP) is 3.07. The first-order chi connectivity index (χ1) is 12.2. The van der Waals surface area contributed by atoms with Crippen molar-refractivity contribution in [3.05, 3.63) is 66.7 Å². The monoisotopic (exact) mass is 338 g/mol. The Morgan fingerprint density at radius 1 is 1.16 bits per heavy atom. The zero-order valence-corrected chi connectivity index (χ0v) is 14.4. The van der Waals surface area contributed by atoms with Crippen LogP contribution in [-0.2, 0) is 11.3 Å². The molecule has 0 spiro atoms. The number of para-hydroxylation sites is 1. The minimum absolute atomic E-state index is 0.0364. The van der Waals surface area contributed by atoms with Gasteiger partial charge in [-0.2, -0.15) is 0 Å². The molecule has 130 valence electrons. The Morgan fingerprint density at radius 2 is 1.92 bits per heavy atom. The van der Waals surface area contributed by atoms with E-state index in [1.165, 1.54) is 0 Å². The predicted molar refractivity (Wildman–Crippen MR) is 97.9 cm³/mol. The Hall–Kier alpha value is -2.79. The number of nitrogens with zero attached hydrogens (tertiary/aromatic N) is 2. The molecule has 2 aromatic rings. The average molecular weight is 338 g/mol. The van der Waals surface area contributed by atoms with Crippen LogP contribution >= 0.6 is 0 Å². The number of carbonyl (C=O) groups is 1. The van der Waals surface area contributed by atoms with Crippen LogP contribution in [0.25, 0.3) is 0 Å². The van der Waals surface area contributed by atoms with Gasteiger partial charge in [-0.3, -0.25) is 9.69 Å². The van der Waals surface area contributed by atoms with E-state index in [0.29, 0.717) is 19.6 Å². The fourth-order valence-corrected chi connectivity index (χ4v) is 2.81. The van der Waals surface area contributed by atoms with Crippen LogP contribution in [-0.4, -0.2) is 37.7 Å². The summed E-state index contributed by atoms with van der Waals surface area (Å²) < 4.78 is 10.7. The summed E-state index contributed by atoms with van der Waals surface area (Å²) in [6.07, 6.45) is 1.74. The first-order valence-electron chi connectivity index (χ1n) is 8.21. The van der Waals surface area contributed by atoms with Crippen LogP contribution in [0.4, 0.5) is 5.69 Å². The van der Waals surface area contributed by atoms with Crippen LogP contribution in [0.15, 0.2) is 61.2 Å².